The summed E-state index contributed by atoms with van der Waals surface area (Å²) in [7, 11) is 0. The maximum absolute atomic E-state index is 12.5. The lowest BCUT2D eigenvalue weighted by Gasteiger charge is -2.36. The van der Waals surface area contributed by atoms with Crippen molar-refractivity contribution in [2.24, 2.45) is 34.4 Å². The fraction of sp³-hybridized carbons (Fsp3) is 0.545. The van der Waals surface area contributed by atoms with Crippen LogP contribution in [0.5, 0.6) is 0 Å². The van der Waals surface area contributed by atoms with Gasteiger partial charge in [0.1, 0.15) is 6.04 Å². The molecular formula is C11H18N6O6. The minimum absolute atomic E-state index is 0.941. The SMILES string of the molecule is NC[C@@](N)(C(=O)O)C(=O)[C@@]1(N)C(=O)[C@@H](N)[C@H](N)C(=O)C(=O)[C@H]1N. The van der Waals surface area contributed by atoms with Gasteiger partial charge in [0.25, 0.3) is 0 Å². The average Bonchev–Trinajstić information content (AvgIpc) is 2.57. The Hall–Kier alpha value is -2.09. The molecule has 0 heterocycles. The van der Waals surface area contributed by atoms with Crippen LogP contribution in [-0.4, -0.2) is 70.0 Å². The molecule has 128 valence electrons. The summed E-state index contributed by atoms with van der Waals surface area (Å²) in [6.07, 6.45) is 0. The third-order valence-corrected chi connectivity index (χ3v) is 3.90. The Morgan fingerprint density at radius 1 is 1.09 bits per heavy atom. The van der Waals surface area contributed by atoms with E-state index in [2.05, 4.69) is 0 Å². The summed E-state index contributed by atoms with van der Waals surface area (Å²) >= 11 is 0. The Bertz CT molecular complexity index is 608. The van der Waals surface area contributed by atoms with Gasteiger partial charge < -0.3 is 39.5 Å². The van der Waals surface area contributed by atoms with Crippen molar-refractivity contribution < 1.29 is 29.1 Å². The summed E-state index contributed by atoms with van der Waals surface area (Å²) < 4.78 is 0. The van der Waals surface area contributed by atoms with E-state index in [-0.39, 0.29) is 0 Å². The van der Waals surface area contributed by atoms with Crippen LogP contribution >= 0.6 is 0 Å². The van der Waals surface area contributed by atoms with Gasteiger partial charge in [-0.3, -0.25) is 19.2 Å². The maximum Gasteiger partial charge on any atom is 0.332 e. The molecule has 1 saturated carbocycles. The highest BCUT2D eigenvalue weighted by Gasteiger charge is 2.62. The molecule has 0 saturated heterocycles. The summed E-state index contributed by atoms with van der Waals surface area (Å²) in [5, 5.41) is 9.09. The third-order valence-electron chi connectivity index (χ3n) is 3.90. The number of aliphatic carboxylic acids is 1. The van der Waals surface area contributed by atoms with Crippen molar-refractivity contribution in [1.82, 2.24) is 0 Å². The van der Waals surface area contributed by atoms with Gasteiger partial charge in [0.15, 0.2) is 22.6 Å². The predicted molar refractivity (Wildman–Crippen MR) is 74.5 cm³/mol. The van der Waals surface area contributed by atoms with Gasteiger partial charge in [-0.25, -0.2) is 4.79 Å². The molecule has 1 rings (SSSR count). The molecule has 23 heavy (non-hydrogen) atoms. The fourth-order valence-electron chi connectivity index (χ4n) is 2.18. The molecule has 1 fully saturated rings. The van der Waals surface area contributed by atoms with Crippen LogP contribution in [0.2, 0.25) is 0 Å². The van der Waals surface area contributed by atoms with Crippen LogP contribution in [0.1, 0.15) is 0 Å². The fourth-order valence-corrected chi connectivity index (χ4v) is 2.18. The number of carboxylic acid groups (broad SMARTS) is 1. The molecule has 0 unspecified atom stereocenters. The van der Waals surface area contributed by atoms with Crippen LogP contribution in [0.25, 0.3) is 0 Å². The molecule has 0 bridgehead atoms. The Kier molecular flexibility index (Phi) is 4.82. The van der Waals surface area contributed by atoms with E-state index in [4.69, 9.17) is 39.5 Å². The van der Waals surface area contributed by atoms with Crippen LogP contribution in [0.3, 0.4) is 0 Å². The van der Waals surface area contributed by atoms with E-state index in [0.717, 1.165) is 0 Å². The zero-order chi connectivity index (χ0) is 18.3. The molecule has 0 aliphatic heterocycles. The lowest BCUT2D eigenvalue weighted by molar-refractivity contribution is -0.152. The molecule has 13 N–H and O–H groups in total. The molecule has 1 aliphatic rings. The van der Waals surface area contributed by atoms with Gasteiger partial charge in [-0.15, -0.1) is 0 Å². The Morgan fingerprint density at radius 3 is 1.96 bits per heavy atom. The van der Waals surface area contributed by atoms with Crippen molar-refractivity contribution in [3.8, 4) is 0 Å². The Balaban J connectivity index is 3.59. The third kappa shape index (κ3) is 2.46. The number of rotatable bonds is 4. The number of hydrogen-bond donors (Lipinski definition) is 7. The van der Waals surface area contributed by atoms with E-state index in [0.29, 0.717) is 0 Å². The normalized spacial score (nSPS) is 34.7. The monoisotopic (exact) mass is 330 g/mol. The Morgan fingerprint density at radius 2 is 1.57 bits per heavy atom. The van der Waals surface area contributed by atoms with Crippen molar-refractivity contribution in [1.29, 1.82) is 0 Å². The topological polar surface area (TPSA) is 262 Å². The van der Waals surface area contributed by atoms with Crippen molar-refractivity contribution in [2.75, 3.05) is 6.54 Å². The first-order valence-electron chi connectivity index (χ1n) is 6.32. The molecular weight excluding hydrogens is 312 g/mol. The molecule has 0 spiro atoms. The summed E-state index contributed by atoms with van der Waals surface area (Å²) in [6.45, 7) is -0.941. The van der Waals surface area contributed by atoms with E-state index in [9.17, 15) is 24.0 Å². The van der Waals surface area contributed by atoms with Gasteiger partial charge >= 0.3 is 5.97 Å². The van der Waals surface area contributed by atoms with Crippen LogP contribution in [0.15, 0.2) is 0 Å². The Labute approximate surface area is 129 Å². The molecule has 12 heteroatoms. The predicted octanol–water partition coefficient (Wildman–Crippen LogP) is -6.30. The smallest absolute Gasteiger partial charge is 0.332 e. The zero-order valence-corrected chi connectivity index (χ0v) is 11.9. The van der Waals surface area contributed by atoms with E-state index in [1.165, 1.54) is 0 Å². The van der Waals surface area contributed by atoms with Crippen molar-refractivity contribution >= 4 is 29.1 Å². The highest BCUT2D eigenvalue weighted by Crippen LogP contribution is 2.22. The van der Waals surface area contributed by atoms with E-state index < -0.39 is 64.9 Å². The minimum Gasteiger partial charge on any atom is -0.479 e. The van der Waals surface area contributed by atoms with Crippen LogP contribution < -0.4 is 34.4 Å². The summed E-state index contributed by atoms with van der Waals surface area (Å²) in [5.41, 5.74) is 26.8. The molecule has 0 radical (unpaired) electrons. The second-order valence-electron chi connectivity index (χ2n) is 5.30. The van der Waals surface area contributed by atoms with Gasteiger partial charge in [-0.05, 0) is 0 Å². The average molecular weight is 330 g/mol. The number of carbonyl (C=O) groups excluding carboxylic acids is 4. The highest BCUT2D eigenvalue weighted by atomic mass is 16.4. The van der Waals surface area contributed by atoms with Gasteiger partial charge in [-0.1, -0.05) is 0 Å². The van der Waals surface area contributed by atoms with Crippen molar-refractivity contribution in [3.05, 3.63) is 0 Å². The standard InChI is InChI=1S/C11H18N6O6/c12-1-10(16,9(22)23)8(21)11(17)6(15)5(19)4(18)2(13)3(14)7(11)20/h2-3,6H,1,12-17H2,(H,22,23)/t2-,3-,6+,10-,11-/m0/s1. The first-order chi connectivity index (χ1) is 10.4. The molecule has 12 nitrogen and oxygen atoms in total. The molecule has 1 aliphatic carbocycles. The van der Waals surface area contributed by atoms with E-state index in [1.54, 1.807) is 0 Å². The van der Waals surface area contributed by atoms with E-state index >= 15 is 0 Å². The minimum atomic E-state index is -2.95. The lowest BCUT2D eigenvalue weighted by Crippen LogP contribution is -2.78. The van der Waals surface area contributed by atoms with Crippen LogP contribution in [0, 0.1) is 0 Å². The summed E-state index contributed by atoms with van der Waals surface area (Å²) in [6, 6.07) is -5.80. The first kappa shape index (κ1) is 19.0. The van der Waals surface area contributed by atoms with Crippen LogP contribution in [0.4, 0.5) is 0 Å². The zero-order valence-electron chi connectivity index (χ0n) is 11.9. The van der Waals surface area contributed by atoms with Crippen molar-refractivity contribution in [3.63, 3.8) is 0 Å². The number of carbonyl (C=O) groups is 5. The van der Waals surface area contributed by atoms with Gasteiger partial charge in [0, 0.05) is 6.54 Å². The lowest BCUT2D eigenvalue weighted by atomic mass is 9.73. The van der Waals surface area contributed by atoms with Crippen LogP contribution in [-0.2, 0) is 24.0 Å². The molecule has 0 aromatic rings. The summed E-state index contributed by atoms with van der Waals surface area (Å²) in [5.74, 6) is -7.63. The summed E-state index contributed by atoms with van der Waals surface area (Å²) in [4.78, 5) is 59.8. The molecule has 0 aromatic carbocycles. The number of Topliss-reactive ketones (excluding diaryl/α,β-unsaturated/α-hetero) is 4. The van der Waals surface area contributed by atoms with Crippen molar-refractivity contribution in [2.45, 2.75) is 29.2 Å². The number of hydrogen-bond acceptors (Lipinski definition) is 11. The quantitative estimate of drug-likeness (QED) is 0.144. The van der Waals surface area contributed by atoms with Gasteiger partial charge in [-0.2, -0.15) is 0 Å². The number of ketones is 4. The second-order valence-corrected chi connectivity index (χ2v) is 5.30. The maximum atomic E-state index is 12.5. The largest absolute Gasteiger partial charge is 0.479 e. The number of carboxylic acids is 1. The number of nitrogens with two attached hydrogens (primary N) is 6. The molecule has 0 aromatic heterocycles. The van der Waals surface area contributed by atoms with E-state index in [1.807, 2.05) is 0 Å². The van der Waals surface area contributed by atoms with Gasteiger partial charge in [0.2, 0.25) is 11.6 Å². The first-order valence-corrected chi connectivity index (χ1v) is 6.32. The molecule has 5 atom stereocenters. The second kappa shape index (κ2) is 5.84. The highest BCUT2D eigenvalue weighted by molar-refractivity contribution is 6.45. The molecule has 0 amide bonds. The van der Waals surface area contributed by atoms with Gasteiger partial charge in [0.05, 0.1) is 12.1 Å².